The molecule has 0 radical (unpaired) electrons. The van der Waals surface area contributed by atoms with Crippen LogP contribution in [0.4, 0.5) is 0 Å². The second-order valence-electron chi connectivity index (χ2n) is 6.17. The van der Waals surface area contributed by atoms with Crippen molar-refractivity contribution in [1.29, 1.82) is 0 Å². The number of nitrogens with one attached hydrogen (secondary N) is 1. The van der Waals surface area contributed by atoms with E-state index in [4.69, 9.17) is 4.74 Å². The summed E-state index contributed by atoms with van der Waals surface area (Å²) in [7, 11) is 0. The van der Waals surface area contributed by atoms with E-state index >= 15 is 0 Å². The lowest BCUT2D eigenvalue weighted by atomic mass is 9.88. The smallest absolute Gasteiger partial charge is 0.0576 e. The molecule has 1 saturated heterocycles. The first-order valence-electron chi connectivity index (χ1n) is 8.25. The molecule has 1 saturated carbocycles. The van der Waals surface area contributed by atoms with Crippen molar-refractivity contribution >= 4 is 0 Å². The van der Waals surface area contributed by atoms with Crippen LogP contribution in [-0.4, -0.2) is 25.3 Å². The van der Waals surface area contributed by atoms with Gasteiger partial charge in [0.15, 0.2) is 0 Å². The molecule has 1 heterocycles. The molecular formula is C16H31NO. The molecule has 1 aliphatic carbocycles. The summed E-state index contributed by atoms with van der Waals surface area (Å²) in [5.41, 5.74) is 0. The predicted octanol–water partition coefficient (Wildman–Crippen LogP) is 3.89. The van der Waals surface area contributed by atoms with Crippen LogP contribution in [0.5, 0.6) is 0 Å². The summed E-state index contributed by atoms with van der Waals surface area (Å²) < 4.78 is 5.77. The zero-order chi connectivity index (χ0) is 12.6. The van der Waals surface area contributed by atoms with Crippen molar-refractivity contribution in [1.82, 2.24) is 5.32 Å². The molecule has 0 aromatic heterocycles. The number of hydrogen-bond acceptors (Lipinski definition) is 2. The quantitative estimate of drug-likeness (QED) is 0.725. The molecule has 2 fully saturated rings. The van der Waals surface area contributed by atoms with Crippen LogP contribution < -0.4 is 5.32 Å². The van der Waals surface area contributed by atoms with Gasteiger partial charge in [0, 0.05) is 12.6 Å². The summed E-state index contributed by atoms with van der Waals surface area (Å²) in [6.07, 6.45) is 14.3. The standard InChI is InChI=1S/C16H31NO/c1-2-12-17-16-9-5-3-4-7-14(16)10-11-15-8-6-13-18-15/h14-17H,2-13H2,1H3. The van der Waals surface area contributed by atoms with E-state index in [0.717, 1.165) is 18.6 Å². The summed E-state index contributed by atoms with van der Waals surface area (Å²) in [5, 5.41) is 3.80. The Bertz CT molecular complexity index is 213. The maximum atomic E-state index is 5.77. The minimum Gasteiger partial charge on any atom is -0.378 e. The van der Waals surface area contributed by atoms with E-state index in [1.54, 1.807) is 0 Å². The van der Waals surface area contributed by atoms with Crippen LogP contribution in [0.2, 0.25) is 0 Å². The molecule has 0 aromatic carbocycles. The van der Waals surface area contributed by atoms with Crippen LogP contribution in [0.15, 0.2) is 0 Å². The number of ether oxygens (including phenoxy) is 1. The van der Waals surface area contributed by atoms with Gasteiger partial charge in [-0.2, -0.15) is 0 Å². The molecule has 2 rings (SSSR count). The van der Waals surface area contributed by atoms with E-state index in [0.29, 0.717) is 6.10 Å². The maximum absolute atomic E-state index is 5.77. The molecule has 106 valence electrons. The highest BCUT2D eigenvalue weighted by Gasteiger charge is 2.25. The Morgan fingerprint density at radius 1 is 1.00 bits per heavy atom. The summed E-state index contributed by atoms with van der Waals surface area (Å²) in [5.74, 6) is 0.906. The fourth-order valence-electron chi connectivity index (χ4n) is 3.60. The Labute approximate surface area is 113 Å². The fraction of sp³-hybridized carbons (Fsp3) is 1.00. The topological polar surface area (TPSA) is 21.3 Å². The van der Waals surface area contributed by atoms with Gasteiger partial charge in [0.2, 0.25) is 0 Å². The van der Waals surface area contributed by atoms with E-state index in [1.165, 1.54) is 70.8 Å². The molecule has 3 atom stereocenters. The average molecular weight is 253 g/mol. The lowest BCUT2D eigenvalue weighted by Crippen LogP contribution is -2.36. The summed E-state index contributed by atoms with van der Waals surface area (Å²) in [6.45, 7) is 4.47. The Kier molecular flexibility index (Phi) is 6.50. The van der Waals surface area contributed by atoms with Crippen molar-refractivity contribution in [3.8, 4) is 0 Å². The highest BCUT2D eigenvalue weighted by molar-refractivity contribution is 4.81. The van der Waals surface area contributed by atoms with Crippen molar-refractivity contribution in [2.75, 3.05) is 13.2 Å². The Morgan fingerprint density at radius 3 is 2.67 bits per heavy atom. The van der Waals surface area contributed by atoms with Gasteiger partial charge in [-0.1, -0.05) is 26.2 Å². The van der Waals surface area contributed by atoms with Crippen LogP contribution in [0.3, 0.4) is 0 Å². The third-order valence-corrected chi connectivity index (χ3v) is 4.70. The minimum atomic E-state index is 0.583. The van der Waals surface area contributed by atoms with Gasteiger partial charge in [-0.25, -0.2) is 0 Å². The molecule has 1 N–H and O–H groups in total. The molecule has 2 nitrogen and oxygen atoms in total. The van der Waals surface area contributed by atoms with E-state index < -0.39 is 0 Å². The van der Waals surface area contributed by atoms with Gasteiger partial charge in [0.25, 0.3) is 0 Å². The molecule has 3 unspecified atom stereocenters. The van der Waals surface area contributed by atoms with Gasteiger partial charge in [0.05, 0.1) is 6.10 Å². The molecule has 2 heteroatoms. The van der Waals surface area contributed by atoms with Crippen LogP contribution in [-0.2, 0) is 4.74 Å². The van der Waals surface area contributed by atoms with Gasteiger partial charge in [-0.3, -0.25) is 0 Å². The summed E-state index contributed by atoms with van der Waals surface area (Å²) in [6, 6.07) is 0.786. The van der Waals surface area contributed by atoms with Gasteiger partial charge >= 0.3 is 0 Å². The fourth-order valence-corrected chi connectivity index (χ4v) is 3.60. The first-order valence-corrected chi connectivity index (χ1v) is 8.25. The van der Waals surface area contributed by atoms with Crippen LogP contribution >= 0.6 is 0 Å². The molecule has 0 spiro atoms. The van der Waals surface area contributed by atoms with E-state index in [9.17, 15) is 0 Å². The van der Waals surface area contributed by atoms with E-state index in [2.05, 4.69) is 12.2 Å². The third-order valence-electron chi connectivity index (χ3n) is 4.70. The van der Waals surface area contributed by atoms with Crippen molar-refractivity contribution in [2.24, 2.45) is 5.92 Å². The van der Waals surface area contributed by atoms with Gasteiger partial charge < -0.3 is 10.1 Å². The minimum absolute atomic E-state index is 0.583. The second kappa shape index (κ2) is 8.16. The lowest BCUT2D eigenvalue weighted by Gasteiger charge is -2.27. The first kappa shape index (κ1) is 14.3. The maximum Gasteiger partial charge on any atom is 0.0576 e. The zero-order valence-electron chi connectivity index (χ0n) is 12.1. The van der Waals surface area contributed by atoms with Crippen molar-refractivity contribution in [3.05, 3.63) is 0 Å². The second-order valence-corrected chi connectivity index (χ2v) is 6.17. The van der Waals surface area contributed by atoms with Crippen LogP contribution in [0.1, 0.15) is 71.1 Å². The van der Waals surface area contributed by atoms with Crippen LogP contribution in [0.25, 0.3) is 0 Å². The predicted molar refractivity (Wildman–Crippen MR) is 76.9 cm³/mol. The molecule has 0 amide bonds. The van der Waals surface area contributed by atoms with Gasteiger partial charge in [-0.05, 0) is 57.4 Å². The Hall–Kier alpha value is -0.0800. The van der Waals surface area contributed by atoms with E-state index in [1.807, 2.05) is 0 Å². The average Bonchev–Trinajstić information content (AvgIpc) is 2.80. The monoisotopic (exact) mass is 253 g/mol. The summed E-state index contributed by atoms with van der Waals surface area (Å²) in [4.78, 5) is 0. The lowest BCUT2D eigenvalue weighted by molar-refractivity contribution is 0.0952. The molecule has 1 aliphatic heterocycles. The molecule has 0 bridgehead atoms. The Balaban J connectivity index is 1.76. The van der Waals surface area contributed by atoms with Gasteiger partial charge in [0.1, 0.15) is 0 Å². The van der Waals surface area contributed by atoms with Gasteiger partial charge in [-0.15, -0.1) is 0 Å². The third kappa shape index (κ3) is 4.55. The molecule has 18 heavy (non-hydrogen) atoms. The number of rotatable bonds is 6. The zero-order valence-corrected chi connectivity index (χ0v) is 12.1. The largest absolute Gasteiger partial charge is 0.378 e. The normalized spacial score (nSPS) is 33.5. The van der Waals surface area contributed by atoms with E-state index in [-0.39, 0.29) is 0 Å². The molecule has 2 aliphatic rings. The first-order chi connectivity index (χ1) is 8.90. The van der Waals surface area contributed by atoms with Crippen molar-refractivity contribution in [2.45, 2.75) is 83.3 Å². The van der Waals surface area contributed by atoms with Crippen LogP contribution in [0, 0.1) is 5.92 Å². The summed E-state index contributed by atoms with van der Waals surface area (Å²) >= 11 is 0. The van der Waals surface area contributed by atoms with Crippen molar-refractivity contribution < 1.29 is 4.74 Å². The van der Waals surface area contributed by atoms with Crippen molar-refractivity contribution in [3.63, 3.8) is 0 Å². The highest BCUT2D eigenvalue weighted by Crippen LogP contribution is 2.29. The SMILES string of the molecule is CCCNC1CCCCCC1CCC1CCCO1. The highest BCUT2D eigenvalue weighted by atomic mass is 16.5. The molecule has 0 aromatic rings. The Morgan fingerprint density at radius 2 is 1.89 bits per heavy atom. The number of hydrogen-bond donors (Lipinski definition) is 1. The molecular weight excluding hydrogens is 222 g/mol.